The van der Waals surface area contributed by atoms with Gasteiger partial charge in [0.25, 0.3) is 5.84 Å². The van der Waals surface area contributed by atoms with E-state index in [9.17, 15) is 8.78 Å². The molecule has 0 atom stereocenters. The molecule has 2 nitrogen and oxygen atoms in total. The molecule has 0 spiro atoms. The Hall–Kier alpha value is -1.45. The lowest BCUT2D eigenvalue weighted by Crippen LogP contribution is -2.47. The lowest BCUT2D eigenvalue weighted by Gasteiger charge is -1.96. The van der Waals surface area contributed by atoms with Gasteiger partial charge in [0.15, 0.2) is 0 Å². The van der Waals surface area contributed by atoms with Crippen LogP contribution >= 0.6 is 0 Å². The quantitative estimate of drug-likeness (QED) is 0.416. The Morgan fingerprint density at radius 3 is 2.00 bits per heavy atom. The number of hydrogen-bond donors (Lipinski definition) is 2. The Bertz CT molecular complexity index is 276. The van der Waals surface area contributed by atoms with Crippen LogP contribution in [0.15, 0.2) is 18.2 Å². The minimum Gasteiger partial charge on any atom is -0.287 e. The molecule has 0 aliphatic heterocycles. The lowest BCUT2D eigenvalue weighted by molar-refractivity contribution is -0.114. The summed E-state index contributed by atoms with van der Waals surface area (Å²) in [6, 6.07) is 3.44. The summed E-state index contributed by atoms with van der Waals surface area (Å²) in [5, 5.41) is 5.03. The van der Waals surface area contributed by atoms with Crippen LogP contribution in [0.3, 0.4) is 0 Å². The average molecular weight is 157 g/mol. The third kappa shape index (κ3) is 1.34. The molecule has 1 rings (SSSR count). The van der Waals surface area contributed by atoms with E-state index < -0.39 is 11.6 Å². The van der Waals surface area contributed by atoms with Crippen LogP contribution in [-0.2, 0) is 0 Å². The van der Waals surface area contributed by atoms with E-state index in [0.717, 1.165) is 12.1 Å². The van der Waals surface area contributed by atoms with Crippen molar-refractivity contribution in [3.8, 4) is 0 Å². The maximum atomic E-state index is 12.7. The minimum absolute atomic E-state index is 0.347. The molecule has 58 valence electrons. The number of nitrogens with two attached hydrogens (primary N) is 2. The summed E-state index contributed by atoms with van der Waals surface area (Å²) < 4.78 is 25.4. The maximum absolute atomic E-state index is 12.7. The summed E-state index contributed by atoms with van der Waals surface area (Å²) in [5.41, 5.74) is 4.68. The van der Waals surface area contributed by atoms with E-state index >= 15 is 0 Å². The topological polar surface area (TPSA) is 51.6 Å². The van der Waals surface area contributed by atoms with E-state index in [0.29, 0.717) is 0 Å². The first kappa shape index (κ1) is 7.65. The third-order valence-corrected chi connectivity index (χ3v) is 1.25. The zero-order chi connectivity index (χ0) is 8.43. The molecule has 0 heterocycles. The van der Waals surface area contributed by atoms with Crippen molar-refractivity contribution in [3.63, 3.8) is 0 Å². The third-order valence-electron chi connectivity index (χ3n) is 1.25. The van der Waals surface area contributed by atoms with Gasteiger partial charge >= 0.3 is 0 Å². The first-order valence-corrected chi connectivity index (χ1v) is 2.95. The van der Waals surface area contributed by atoms with Crippen molar-refractivity contribution >= 4 is 5.84 Å². The van der Waals surface area contributed by atoms with Crippen molar-refractivity contribution in [1.82, 2.24) is 0 Å². The molecule has 0 amide bonds. The van der Waals surface area contributed by atoms with Gasteiger partial charge < -0.3 is 0 Å². The van der Waals surface area contributed by atoms with Gasteiger partial charge in [-0.05, 0) is 12.1 Å². The molecular weight excluding hydrogens is 150 g/mol. The summed E-state index contributed by atoms with van der Waals surface area (Å²) in [4.78, 5) is 0. The van der Waals surface area contributed by atoms with Crippen LogP contribution < -0.4 is 11.1 Å². The molecule has 0 aliphatic rings. The van der Waals surface area contributed by atoms with E-state index in [2.05, 4.69) is 0 Å². The van der Waals surface area contributed by atoms with Gasteiger partial charge in [-0.2, -0.15) is 0 Å². The molecule has 0 aromatic heterocycles. The van der Waals surface area contributed by atoms with Crippen molar-refractivity contribution in [2.45, 2.75) is 0 Å². The normalized spacial score (nSPS) is 9.64. The fourth-order valence-corrected chi connectivity index (χ4v) is 0.774. The molecule has 0 radical (unpaired) electrons. The fourth-order valence-electron chi connectivity index (χ4n) is 0.774. The summed E-state index contributed by atoms with van der Waals surface area (Å²) in [6.07, 6.45) is 0. The number of halogens is 2. The molecule has 4 N–H and O–H groups in total. The van der Waals surface area contributed by atoms with Crippen LogP contribution in [0.4, 0.5) is 8.78 Å². The highest BCUT2D eigenvalue weighted by molar-refractivity contribution is 5.93. The highest BCUT2D eigenvalue weighted by Gasteiger charge is 2.13. The largest absolute Gasteiger partial charge is 0.287 e. The van der Waals surface area contributed by atoms with Crippen molar-refractivity contribution < 1.29 is 14.2 Å². The van der Waals surface area contributed by atoms with Crippen LogP contribution in [-0.4, -0.2) is 5.84 Å². The summed E-state index contributed by atoms with van der Waals surface area (Å²) in [7, 11) is 0. The average Bonchev–Trinajstić information content (AvgIpc) is 1.85. The SMILES string of the molecule is NC(=[NH2+])c1c(F)cccc1F. The molecule has 0 bridgehead atoms. The van der Waals surface area contributed by atoms with E-state index in [1.807, 2.05) is 0 Å². The molecule has 0 saturated carbocycles. The standard InChI is InChI=1S/C7H6F2N2/c8-4-2-1-3-5(9)6(4)7(10)11/h1-3H,(H3,10,11)/p+1. The second-order valence-electron chi connectivity index (χ2n) is 2.05. The second kappa shape index (κ2) is 2.65. The van der Waals surface area contributed by atoms with Gasteiger partial charge in [0.2, 0.25) is 0 Å². The summed E-state index contributed by atoms with van der Waals surface area (Å²) >= 11 is 0. The Morgan fingerprint density at radius 2 is 1.73 bits per heavy atom. The van der Waals surface area contributed by atoms with Crippen molar-refractivity contribution in [2.75, 3.05) is 0 Å². The van der Waals surface area contributed by atoms with Gasteiger partial charge in [-0.25, -0.2) is 8.78 Å². The highest BCUT2D eigenvalue weighted by Crippen LogP contribution is 2.09. The molecule has 1 aromatic rings. The second-order valence-corrected chi connectivity index (χ2v) is 2.05. The van der Waals surface area contributed by atoms with Crippen LogP contribution in [0.5, 0.6) is 0 Å². The van der Waals surface area contributed by atoms with Gasteiger partial charge in [0.05, 0.1) is 0 Å². The van der Waals surface area contributed by atoms with Gasteiger partial charge in [-0.15, -0.1) is 0 Å². The number of hydrogen-bond acceptors (Lipinski definition) is 0. The highest BCUT2D eigenvalue weighted by atomic mass is 19.1. The van der Waals surface area contributed by atoms with E-state index in [1.165, 1.54) is 6.07 Å². The number of benzene rings is 1. The molecule has 4 heteroatoms. The molecule has 0 unspecified atom stereocenters. The number of amidine groups is 1. The number of rotatable bonds is 1. The zero-order valence-corrected chi connectivity index (χ0v) is 5.64. The predicted octanol–water partition coefficient (Wildman–Crippen LogP) is -0.571. The molecule has 0 fully saturated rings. The molecule has 0 saturated heterocycles. The van der Waals surface area contributed by atoms with Crippen LogP contribution in [0.2, 0.25) is 0 Å². The predicted molar refractivity (Wildman–Crippen MR) is 36.6 cm³/mol. The monoisotopic (exact) mass is 157 g/mol. The molecule has 0 aliphatic carbocycles. The summed E-state index contributed by atoms with van der Waals surface area (Å²) in [6.45, 7) is 0. The van der Waals surface area contributed by atoms with Gasteiger partial charge in [0.1, 0.15) is 17.2 Å². The Kier molecular flexibility index (Phi) is 1.85. The van der Waals surface area contributed by atoms with Crippen molar-refractivity contribution in [1.29, 1.82) is 0 Å². The maximum Gasteiger partial charge on any atom is 0.276 e. The first-order chi connectivity index (χ1) is 5.13. The van der Waals surface area contributed by atoms with E-state index in [1.54, 1.807) is 0 Å². The zero-order valence-electron chi connectivity index (χ0n) is 5.64. The smallest absolute Gasteiger partial charge is 0.276 e. The van der Waals surface area contributed by atoms with Crippen molar-refractivity contribution in [2.24, 2.45) is 5.73 Å². The molecule has 1 aromatic carbocycles. The Morgan fingerprint density at radius 1 is 1.27 bits per heavy atom. The molecule has 11 heavy (non-hydrogen) atoms. The summed E-state index contributed by atoms with van der Waals surface area (Å²) in [5.74, 6) is -1.84. The van der Waals surface area contributed by atoms with Crippen LogP contribution in [0.1, 0.15) is 5.56 Å². The minimum atomic E-state index is -0.745. The van der Waals surface area contributed by atoms with Crippen LogP contribution in [0.25, 0.3) is 0 Å². The fraction of sp³-hybridized carbons (Fsp3) is 0. The van der Waals surface area contributed by atoms with E-state index in [4.69, 9.17) is 11.1 Å². The molecular formula is C7H7F2N2+. The first-order valence-electron chi connectivity index (χ1n) is 2.95. The van der Waals surface area contributed by atoms with Crippen LogP contribution in [0, 0.1) is 11.6 Å². The van der Waals surface area contributed by atoms with Gasteiger partial charge in [-0.3, -0.25) is 11.1 Å². The lowest BCUT2D eigenvalue weighted by atomic mass is 10.2. The van der Waals surface area contributed by atoms with Crippen molar-refractivity contribution in [3.05, 3.63) is 35.4 Å². The van der Waals surface area contributed by atoms with Gasteiger partial charge in [-0.1, -0.05) is 6.07 Å². The Balaban J connectivity index is 3.32. The van der Waals surface area contributed by atoms with E-state index in [-0.39, 0.29) is 11.4 Å². The Labute approximate surface area is 62.2 Å². The van der Waals surface area contributed by atoms with Gasteiger partial charge in [0, 0.05) is 0 Å².